The number of nitriles is 1. The van der Waals surface area contributed by atoms with Crippen molar-refractivity contribution in [2.24, 2.45) is 0 Å². The van der Waals surface area contributed by atoms with E-state index in [1.165, 1.54) is 0 Å². The summed E-state index contributed by atoms with van der Waals surface area (Å²) >= 11 is 3.43. The van der Waals surface area contributed by atoms with Gasteiger partial charge in [-0.1, -0.05) is 12.8 Å². The number of halogens is 1. The molecule has 1 aromatic carbocycles. The van der Waals surface area contributed by atoms with E-state index in [0.29, 0.717) is 34.7 Å². The van der Waals surface area contributed by atoms with Gasteiger partial charge >= 0.3 is 0 Å². The Labute approximate surface area is 179 Å². The summed E-state index contributed by atoms with van der Waals surface area (Å²) in [5.41, 5.74) is 1.56. The molecule has 0 radical (unpaired) electrons. The van der Waals surface area contributed by atoms with Crippen LogP contribution in [0, 0.1) is 11.3 Å². The molecule has 1 saturated heterocycles. The standard InChI is InChI=1S/C22H24BrN3O3/c1-2-28-20-13-16(14-24)12-18(23)22(20)29-15-21(27)26-11-5-3-4-6-19(26)17-7-9-25-10-8-17/h7-10,12-13,19H,2-6,11,15H2,1H3. The van der Waals surface area contributed by atoms with Gasteiger partial charge in [-0.25, -0.2) is 0 Å². The van der Waals surface area contributed by atoms with E-state index >= 15 is 0 Å². The van der Waals surface area contributed by atoms with Crippen molar-refractivity contribution >= 4 is 21.8 Å². The molecule has 0 N–H and O–H groups in total. The van der Waals surface area contributed by atoms with E-state index in [-0.39, 0.29) is 18.6 Å². The van der Waals surface area contributed by atoms with E-state index in [9.17, 15) is 4.79 Å². The molecule has 29 heavy (non-hydrogen) atoms. The molecule has 1 aliphatic heterocycles. The SMILES string of the molecule is CCOc1cc(C#N)cc(Br)c1OCC(=O)N1CCCCCC1c1ccncc1. The molecule has 0 bridgehead atoms. The number of hydrogen-bond donors (Lipinski definition) is 0. The highest BCUT2D eigenvalue weighted by atomic mass is 79.9. The monoisotopic (exact) mass is 457 g/mol. The molecule has 1 unspecified atom stereocenters. The van der Waals surface area contributed by atoms with Crippen LogP contribution >= 0.6 is 15.9 Å². The maximum Gasteiger partial charge on any atom is 0.261 e. The first-order valence-electron chi connectivity index (χ1n) is 9.82. The second-order valence-corrected chi connectivity index (χ2v) is 7.71. The molecule has 3 rings (SSSR count). The summed E-state index contributed by atoms with van der Waals surface area (Å²) in [6, 6.07) is 9.36. The van der Waals surface area contributed by atoms with Gasteiger partial charge in [-0.15, -0.1) is 0 Å². The van der Waals surface area contributed by atoms with Crippen LogP contribution in [0.25, 0.3) is 0 Å². The topological polar surface area (TPSA) is 75.5 Å². The number of likely N-dealkylation sites (tertiary alicyclic amines) is 1. The molecule has 2 heterocycles. The minimum Gasteiger partial charge on any atom is -0.490 e. The summed E-state index contributed by atoms with van der Waals surface area (Å²) in [5.74, 6) is 0.828. The molecule has 1 aliphatic rings. The third kappa shape index (κ3) is 5.27. The van der Waals surface area contributed by atoms with Crippen molar-refractivity contribution in [3.05, 3.63) is 52.3 Å². The number of aromatic nitrogens is 1. The maximum absolute atomic E-state index is 13.1. The van der Waals surface area contributed by atoms with E-state index in [1.54, 1.807) is 24.5 Å². The molecular formula is C22H24BrN3O3. The van der Waals surface area contributed by atoms with Crippen molar-refractivity contribution in [2.45, 2.75) is 38.6 Å². The quantitative estimate of drug-likeness (QED) is 0.631. The van der Waals surface area contributed by atoms with Crippen LogP contribution in [0.1, 0.15) is 49.8 Å². The summed E-state index contributed by atoms with van der Waals surface area (Å²) < 4.78 is 12.1. The van der Waals surface area contributed by atoms with Crippen molar-refractivity contribution in [2.75, 3.05) is 19.8 Å². The largest absolute Gasteiger partial charge is 0.490 e. The van der Waals surface area contributed by atoms with Crippen LogP contribution < -0.4 is 9.47 Å². The number of hydrogen-bond acceptors (Lipinski definition) is 5. The van der Waals surface area contributed by atoms with Crippen molar-refractivity contribution in [1.82, 2.24) is 9.88 Å². The van der Waals surface area contributed by atoms with Crippen molar-refractivity contribution in [3.63, 3.8) is 0 Å². The van der Waals surface area contributed by atoms with Crippen LogP contribution in [0.2, 0.25) is 0 Å². The third-order valence-corrected chi connectivity index (χ3v) is 5.53. The predicted octanol–water partition coefficient (Wildman–Crippen LogP) is 4.64. The maximum atomic E-state index is 13.1. The van der Waals surface area contributed by atoms with Gasteiger partial charge < -0.3 is 14.4 Å². The molecule has 2 aromatic rings. The molecule has 152 valence electrons. The first-order valence-corrected chi connectivity index (χ1v) is 10.6. The Balaban J connectivity index is 1.78. The van der Waals surface area contributed by atoms with E-state index < -0.39 is 0 Å². The Morgan fingerprint density at radius 2 is 2.07 bits per heavy atom. The molecule has 1 atom stereocenters. The second kappa shape index (κ2) is 10.3. The van der Waals surface area contributed by atoms with Crippen LogP contribution in [0.4, 0.5) is 0 Å². The number of carbonyl (C=O) groups is 1. The highest BCUT2D eigenvalue weighted by molar-refractivity contribution is 9.10. The third-order valence-electron chi connectivity index (χ3n) is 4.94. The van der Waals surface area contributed by atoms with Crippen LogP contribution in [0.3, 0.4) is 0 Å². The van der Waals surface area contributed by atoms with Crippen LogP contribution in [0.15, 0.2) is 41.1 Å². The summed E-state index contributed by atoms with van der Waals surface area (Å²) in [7, 11) is 0. The Kier molecular flexibility index (Phi) is 7.48. The Morgan fingerprint density at radius 1 is 1.28 bits per heavy atom. The Morgan fingerprint density at radius 3 is 2.79 bits per heavy atom. The number of amides is 1. The van der Waals surface area contributed by atoms with Crippen molar-refractivity contribution < 1.29 is 14.3 Å². The van der Waals surface area contributed by atoms with E-state index in [1.807, 2.05) is 24.0 Å². The number of benzene rings is 1. The molecule has 0 aliphatic carbocycles. The zero-order valence-electron chi connectivity index (χ0n) is 16.4. The molecule has 7 heteroatoms. The molecule has 1 fully saturated rings. The number of carbonyl (C=O) groups excluding carboxylic acids is 1. The summed E-state index contributed by atoms with van der Waals surface area (Å²) in [6.07, 6.45) is 7.65. The number of ether oxygens (including phenoxy) is 2. The molecule has 1 amide bonds. The van der Waals surface area contributed by atoms with Crippen LogP contribution in [-0.2, 0) is 4.79 Å². The fourth-order valence-corrected chi connectivity index (χ4v) is 4.15. The van der Waals surface area contributed by atoms with Crippen LogP contribution in [-0.4, -0.2) is 35.5 Å². The fourth-order valence-electron chi connectivity index (χ4n) is 3.59. The van der Waals surface area contributed by atoms with Gasteiger partial charge in [0.25, 0.3) is 5.91 Å². The van der Waals surface area contributed by atoms with Crippen molar-refractivity contribution in [1.29, 1.82) is 5.26 Å². The number of nitrogens with zero attached hydrogens (tertiary/aromatic N) is 3. The zero-order chi connectivity index (χ0) is 20.6. The Bertz CT molecular complexity index is 883. The normalized spacial score (nSPS) is 16.6. The average Bonchev–Trinajstić information content (AvgIpc) is 3.00. The van der Waals surface area contributed by atoms with Gasteiger partial charge in [-0.3, -0.25) is 9.78 Å². The van der Waals surface area contributed by atoms with Gasteiger partial charge in [0.15, 0.2) is 18.1 Å². The number of pyridine rings is 1. The van der Waals surface area contributed by atoms with Crippen molar-refractivity contribution in [3.8, 4) is 17.6 Å². The molecule has 6 nitrogen and oxygen atoms in total. The molecule has 1 aromatic heterocycles. The van der Waals surface area contributed by atoms with Crippen LogP contribution in [0.5, 0.6) is 11.5 Å². The lowest BCUT2D eigenvalue weighted by atomic mass is 10.0. The van der Waals surface area contributed by atoms with E-state index in [0.717, 1.165) is 31.2 Å². The first kappa shape index (κ1) is 21.1. The summed E-state index contributed by atoms with van der Waals surface area (Å²) in [5, 5.41) is 9.17. The lowest BCUT2D eigenvalue weighted by Crippen LogP contribution is -2.38. The predicted molar refractivity (Wildman–Crippen MR) is 113 cm³/mol. The van der Waals surface area contributed by atoms with Gasteiger partial charge in [-0.05, 0) is 59.5 Å². The Hall–Kier alpha value is -2.59. The lowest BCUT2D eigenvalue weighted by Gasteiger charge is -2.30. The smallest absolute Gasteiger partial charge is 0.261 e. The molecular weight excluding hydrogens is 434 g/mol. The summed E-state index contributed by atoms with van der Waals surface area (Å²) in [4.78, 5) is 19.1. The van der Waals surface area contributed by atoms with Gasteiger partial charge in [0.2, 0.25) is 0 Å². The number of rotatable bonds is 6. The lowest BCUT2D eigenvalue weighted by molar-refractivity contribution is -0.135. The summed E-state index contributed by atoms with van der Waals surface area (Å²) in [6.45, 7) is 2.91. The van der Waals surface area contributed by atoms with Gasteiger partial charge in [0.1, 0.15) is 0 Å². The first-order chi connectivity index (χ1) is 14.1. The fraction of sp³-hybridized carbons (Fsp3) is 0.409. The highest BCUT2D eigenvalue weighted by Gasteiger charge is 2.27. The molecule has 0 saturated carbocycles. The minimum atomic E-state index is -0.0911. The second-order valence-electron chi connectivity index (χ2n) is 6.85. The zero-order valence-corrected chi connectivity index (χ0v) is 18.0. The van der Waals surface area contributed by atoms with Gasteiger partial charge in [-0.2, -0.15) is 5.26 Å². The highest BCUT2D eigenvalue weighted by Crippen LogP contribution is 2.37. The molecule has 0 spiro atoms. The minimum absolute atomic E-state index is 0.0346. The average molecular weight is 458 g/mol. The van der Waals surface area contributed by atoms with E-state index in [4.69, 9.17) is 14.7 Å². The van der Waals surface area contributed by atoms with Gasteiger partial charge in [0, 0.05) is 25.0 Å². The van der Waals surface area contributed by atoms with Gasteiger partial charge in [0.05, 0.1) is 28.8 Å². The van der Waals surface area contributed by atoms with E-state index in [2.05, 4.69) is 27.0 Å².